The molecule has 0 fully saturated rings. The van der Waals surface area contributed by atoms with Crippen LogP contribution in [0.3, 0.4) is 0 Å². The lowest BCUT2D eigenvalue weighted by molar-refractivity contribution is 0.0929. The largest absolute Gasteiger partial charge is 0.344 e. The van der Waals surface area contributed by atoms with Crippen molar-refractivity contribution in [2.45, 2.75) is 19.4 Å². The molecule has 0 aliphatic rings. The molecule has 18 heavy (non-hydrogen) atoms. The summed E-state index contributed by atoms with van der Waals surface area (Å²) in [6, 6.07) is 9.99. The second-order valence-electron chi connectivity index (χ2n) is 3.94. The molecule has 0 aliphatic heterocycles. The number of amides is 1. The van der Waals surface area contributed by atoms with Crippen LogP contribution < -0.4 is 5.32 Å². The number of nitrogens with one attached hydrogen (secondary N) is 2. The van der Waals surface area contributed by atoms with Gasteiger partial charge < -0.3 is 5.32 Å². The Hall–Kier alpha value is -1.37. The molecule has 0 radical (unpaired) electrons. The highest BCUT2D eigenvalue weighted by Gasteiger charge is 2.16. The second kappa shape index (κ2) is 5.99. The molecule has 0 bridgehead atoms. The second-order valence-corrected chi connectivity index (χ2v) is 5.10. The highest BCUT2D eigenvalue weighted by atomic mass is 127. The first-order chi connectivity index (χ1) is 8.72. The molecule has 1 amide bonds. The maximum absolute atomic E-state index is 12.1. The number of rotatable bonds is 4. The topological polar surface area (TPSA) is 57.8 Å². The van der Waals surface area contributed by atoms with Crippen molar-refractivity contribution >= 4 is 28.5 Å². The Labute approximate surface area is 119 Å². The Morgan fingerprint density at radius 1 is 1.44 bits per heavy atom. The molecule has 0 saturated heterocycles. The minimum Gasteiger partial charge on any atom is -0.344 e. The predicted molar refractivity (Wildman–Crippen MR) is 78.2 cm³/mol. The van der Waals surface area contributed by atoms with E-state index in [0.717, 1.165) is 15.6 Å². The van der Waals surface area contributed by atoms with Crippen LogP contribution in [-0.2, 0) is 0 Å². The lowest BCUT2D eigenvalue weighted by atomic mass is 10.0. The number of halogens is 1. The van der Waals surface area contributed by atoms with Crippen molar-refractivity contribution in [3.8, 4) is 0 Å². The normalized spacial score (nSPS) is 12.1. The summed E-state index contributed by atoms with van der Waals surface area (Å²) in [7, 11) is 0. The Bertz CT molecular complexity index is 524. The van der Waals surface area contributed by atoms with Gasteiger partial charge in [-0.3, -0.25) is 9.89 Å². The number of aromatic nitrogens is 2. The van der Waals surface area contributed by atoms with Crippen LogP contribution >= 0.6 is 22.6 Å². The molecule has 94 valence electrons. The molecule has 2 N–H and O–H groups in total. The van der Waals surface area contributed by atoms with Crippen molar-refractivity contribution in [1.82, 2.24) is 15.5 Å². The minimum atomic E-state index is -0.118. The van der Waals surface area contributed by atoms with E-state index in [-0.39, 0.29) is 11.9 Å². The zero-order valence-corrected chi connectivity index (χ0v) is 12.1. The van der Waals surface area contributed by atoms with Crippen molar-refractivity contribution in [2.24, 2.45) is 0 Å². The van der Waals surface area contributed by atoms with E-state index in [4.69, 9.17) is 0 Å². The zero-order valence-electron chi connectivity index (χ0n) is 9.98. The number of hydrogen-bond donors (Lipinski definition) is 2. The average molecular weight is 355 g/mol. The summed E-state index contributed by atoms with van der Waals surface area (Å²) in [6.07, 6.45) is 2.49. The fourth-order valence-corrected chi connectivity index (χ4v) is 2.27. The Kier molecular flexibility index (Phi) is 4.35. The molecule has 0 saturated carbocycles. The number of carbonyl (C=O) groups excluding carboxylic acids is 1. The van der Waals surface area contributed by atoms with Gasteiger partial charge in [-0.15, -0.1) is 0 Å². The van der Waals surface area contributed by atoms with Crippen LogP contribution in [0.25, 0.3) is 0 Å². The zero-order chi connectivity index (χ0) is 13.0. The van der Waals surface area contributed by atoms with Crippen LogP contribution in [-0.4, -0.2) is 16.1 Å². The van der Waals surface area contributed by atoms with Crippen LogP contribution in [0.1, 0.15) is 35.4 Å². The van der Waals surface area contributed by atoms with E-state index in [1.165, 1.54) is 0 Å². The van der Waals surface area contributed by atoms with Crippen molar-refractivity contribution in [3.05, 3.63) is 51.4 Å². The summed E-state index contributed by atoms with van der Waals surface area (Å²) in [4.78, 5) is 12.1. The highest BCUT2D eigenvalue weighted by Crippen LogP contribution is 2.17. The molecule has 2 rings (SSSR count). The average Bonchev–Trinajstić information content (AvgIpc) is 2.83. The molecule has 1 aromatic heterocycles. The van der Waals surface area contributed by atoms with Gasteiger partial charge in [-0.05, 0) is 34.6 Å². The van der Waals surface area contributed by atoms with Crippen molar-refractivity contribution < 1.29 is 4.79 Å². The van der Waals surface area contributed by atoms with Crippen LogP contribution in [0.4, 0.5) is 0 Å². The highest BCUT2D eigenvalue weighted by molar-refractivity contribution is 14.1. The summed E-state index contributed by atoms with van der Waals surface area (Å²) in [6.45, 7) is 2.05. The standard InChI is InChI=1S/C13H14IN3O/c1-2-11(9-6-4-3-5-7-9)16-13(18)12-10(14)8-15-17-12/h3-8,11H,2H2,1H3,(H,15,17)(H,16,18). The Morgan fingerprint density at radius 2 is 2.17 bits per heavy atom. The van der Waals surface area contributed by atoms with E-state index in [1.807, 2.05) is 30.3 Å². The van der Waals surface area contributed by atoms with E-state index in [2.05, 4.69) is 45.0 Å². The molecule has 1 aromatic carbocycles. The summed E-state index contributed by atoms with van der Waals surface area (Å²) in [5, 5.41) is 9.58. The van der Waals surface area contributed by atoms with Gasteiger partial charge in [0.05, 0.1) is 15.8 Å². The molecular formula is C13H14IN3O. The van der Waals surface area contributed by atoms with Gasteiger partial charge in [-0.25, -0.2) is 0 Å². The molecular weight excluding hydrogens is 341 g/mol. The lowest BCUT2D eigenvalue weighted by Crippen LogP contribution is -2.29. The molecule has 0 spiro atoms. The van der Waals surface area contributed by atoms with Gasteiger partial charge in [0.15, 0.2) is 0 Å². The quantitative estimate of drug-likeness (QED) is 0.829. The van der Waals surface area contributed by atoms with E-state index in [9.17, 15) is 4.79 Å². The lowest BCUT2D eigenvalue weighted by Gasteiger charge is -2.16. The van der Waals surface area contributed by atoms with Crippen LogP contribution in [0, 0.1) is 3.57 Å². The SMILES string of the molecule is CCC(NC(=O)c1[nH]ncc1I)c1ccccc1. The van der Waals surface area contributed by atoms with Crippen molar-refractivity contribution in [3.63, 3.8) is 0 Å². The third-order valence-electron chi connectivity index (χ3n) is 2.74. The van der Waals surface area contributed by atoms with E-state index in [0.29, 0.717) is 5.69 Å². The molecule has 4 nitrogen and oxygen atoms in total. The van der Waals surface area contributed by atoms with Gasteiger partial charge in [-0.1, -0.05) is 37.3 Å². The maximum atomic E-state index is 12.1. The monoisotopic (exact) mass is 355 g/mol. The minimum absolute atomic E-state index is 0.0257. The molecule has 0 aliphatic carbocycles. The Morgan fingerprint density at radius 3 is 2.72 bits per heavy atom. The summed E-state index contributed by atoms with van der Waals surface area (Å²) >= 11 is 2.09. The maximum Gasteiger partial charge on any atom is 0.270 e. The van der Waals surface area contributed by atoms with Crippen LogP contribution in [0.2, 0.25) is 0 Å². The van der Waals surface area contributed by atoms with Gasteiger partial charge >= 0.3 is 0 Å². The smallest absolute Gasteiger partial charge is 0.270 e. The third-order valence-corrected chi connectivity index (χ3v) is 3.55. The first-order valence-electron chi connectivity index (χ1n) is 5.77. The van der Waals surface area contributed by atoms with Gasteiger partial charge in [0.25, 0.3) is 5.91 Å². The molecule has 5 heteroatoms. The van der Waals surface area contributed by atoms with Gasteiger partial charge in [-0.2, -0.15) is 5.10 Å². The van der Waals surface area contributed by atoms with Gasteiger partial charge in [0.2, 0.25) is 0 Å². The number of nitrogens with zero attached hydrogens (tertiary/aromatic N) is 1. The Balaban J connectivity index is 2.13. The fourth-order valence-electron chi connectivity index (χ4n) is 1.77. The number of aromatic amines is 1. The fraction of sp³-hybridized carbons (Fsp3) is 0.231. The third kappa shape index (κ3) is 2.90. The van der Waals surface area contributed by atoms with Crippen molar-refractivity contribution in [1.29, 1.82) is 0 Å². The van der Waals surface area contributed by atoms with E-state index >= 15 is 0 Å². The predicted octanol–water partition coefficient (Wildman–Crippen LogP) is 2.90. The molecule has 1 unspecified atom stereocenters. The molecule has 1 atom stereocenters. The first-order valence-corrected chi connectivity index (χ1v) is 6.85. The summed E-state index contributed by atoms with van der Waals surface area (Å²) < 4.78 is 0.827. The summed E-state index contributed by atoms with van der Waals surface area (Å²) in [5.74, 6) is -0.118. The van der Waals surface area contributed by atoms with Gasteiger partial charge in [0, 0.05) is 0 Å². The molecule has 2 aromatic rings. The van der Waals surface area contributed by atoms with Gasteiger partial charge in [0.1, 0.15) is 5.69 Å². The first kappa shape index (κ1) is 13.1. The van der Waals surface area contributed by atoms with Crippen LogP contribution in [0.5, 0.6) is 0 Å². The number of carbonyl (C=O) groups is 1. The number of H-pyrrole nitrogens is 1. The number of benzene rings is 1. The van der Waals surface area contributed by atoms with Crippen LogP contribution in [0.15, 0.2) is 36.5 Å². The molecule has 1 heterocycles. The van der Waals surface area contributed by atoms with E-state index in [1.54, 1.807) is 6.20 Å². The van der Waals surface area contributed by atoms with Crippen molar-refractivity contribution in [2.75, 3.05) is 0 Å². The summed E-state index contributed by atoms with van der Waals surface area (Å²) in [5.41, 5.74) is 1.63. The van der Waals surface area contributed by atoms with E-state index < -0.39 is 0 Å². The number of hydrogen-bond acceptors (Lipinski definition) is 2.